The lowest BCUT2D eigenvalue weighted by molar-refractivity contribution is 0.275. The summed E-state index contributed by atoms with van der Waals surface area (Å²) in [6, 6.07) is 0. The van der Waals surface area contributed by atoms with E-state index in [-0.39, 0.29) is 0 Å². The second-order valence-electron chi connectivity index (χ2n) is 4.48. The fourth-order valence-electron chi connectivity index (χ4n) is 0. The maximum Gasteiger partial charge on any atom is 0.466 e. The molecule has 116 valence electrons. The molecule has 8 heteroatoms. The van der Waals surface area contributed by atoms with Crippen LogP contribution in [-0.2, 0) is 4.57 Å². The lowest BCUT2D eigenvalue weighted by atomic mass is 11.4. The van der Waals surface area contributed by atoms with Crippen molar-refractivity contribution < 1.29 is 19.2 Å². The first-order valence-corrected chi connectivity index (χ1v) is 16.2. The Kier molecular flexibility index (Phi) is 25.6. The van der Waals surface area contributed by atoms with E-state index in [9.17, 15) is 0 Å². The molecule has 4 nitrogen and oxygen atoms in total. The van der Waals surface area contributed by atoms with E-state index in [4.69, 9.17) is 38.5 Å². The molecule has 0 rings (SSSR count). The topological polar surface area (TPSA) is 77.8 Å². The summed E-state index contributed by atoms with van der Waals surface area (Å²) in [4.78, 5) is 21.6. The number of rotatable bonds is 0. The molecule has 0 saturated heterocycles. The van der Waals surface area contributed by atoms with Gasteiger partial charge in [0.1, 0.15) is 26.4 Å². The summed E-state index contributed by atoms with van der Waals surface area (Å²) < 4.78 is 8.88. The van der Waals surface area contributed by atoms with Crippen molar-refractivity contribution in [3.8, 4) is 35.9 Å². The monoisotopic (exact) mass is 350 g/mol. The molecule has 0 saturated carbocycles. The molecular formula is C12H27O4PSi3. The van der Waals surface area contributed by atoms with Gasteiger partial charge in [-0.25, -0.2) is 4.57 Å². The first-order valence-electron chi connectivity index (χ1n) is 5.98. The predicted octanol–water partition coefficient (Wildman–Crippen LogP) is 1.01. The average molecular weight is 351 g/mol. The van der Waals surface area contributed by atoms with E-state index in [1.165, 1.54) is 0 Å². The van der Waals surface area contributed by atoms with Gasteiger partial charge in [0.15, 0.2) is 0 Å². The normalized spacial score (nSPS) is 8.65. The Bertz CT molecular complexity index is 319. The van der Waals surface area contributed by atoms with Crippen LogP contribution in [0.15, 0.2) is 0 Å². The van der Waals surface area contributed by atoms with Crippen molar-refractivity contribution in [3.63, 3.8) is 0 Å². The van der Waals surface area contributed by atoms with Gasteiger partial charge in [-0.1, -0.05) is 39.3 Å². The number of hydrogen-bond acceptors (Lipinski definition) is 1. The van der Waals surface area contributed by atoms with Crippen molar-refractivity contribution >= 4 is 34.2 Å². The molecule has 0 aromatic heterocycles. The SMILES string of the molecule is C#C[SiH](C)C.C#C[SiH](C)C.C#C[SiH](C)C.O=P(O)(O)O. The molecule has 0 aliphatic carbocycles. The van der Waals surface area contributed by atoms with Gasteiger partial charge in [0.25, 0.3) is 0 Å². The standard InChI is InChI=1S/3C4H8Si.H3O4P/c3*1-4-5(2)3;1-5(2,3)4/h3*1,5H,2-3H3;(H3,1,2,3,4). The minimum absolute atomic E-state index is 0.622. The molecule has 0 radical (unpaired) electrons. The average Bonchev–Trinajstić information content (AvgIpc) is 2.28. The third kappa shape index (κ3) is 159. The molecule has 0 aliphatic heterocycles. The van der Waals surface area contributed by atoms with Crippen molar-refractivity contribution in [3.05, 3.63) is 0 Å². The van der Waals surface area contributed by atoms with Crippen molar-refractivity contribution in [1.29, 1.82) is 0 Å². The van der Waals surface area contributed by atoms with E-state index in [0.29, 0.717) is 0 Å². The van der Waals surface area contributed by atoms with Crippen LogP contribution in [-0.4, -0.2) is 41.1 Å². The molecule has 0 aromatic rings. The van der Waals surface area contributed by atoms with Crippen LogP contribution in [0.2, 0.25) is 39.3 Å². The zero-order valence-electron chi connectivity index (χ0n) is 13.2. The fraction of sp³-hybridized carbons (Fsp3) is 0.500. The molecule has 0 amide bonds. The van der Waals surface area contributed by atoms with Crippen LogP contribution in [0, 0.1) is 35.9 Å². The highest BCUT2D eigenvalue weighted by atomic mass is 31.2. The second-order valence-corrected chi connectivity index (χ2v) is 13.4. The molecule has 20 heavy (non-hydrogen) atoms. The van der Waals surface area contributed by atoms with E-state index < -0.39 is 34.2 Å². The molecule has 0 aromatic carbocycles. The van der Waals surface area contributed by atoms with Crippen LogP contribution in [0.5, 0.6) is 0 Å². The third-order valence-electron chi connectivity index (χ3n) is 1.00. The molecule has 0 aliphatic rings. The molecule has 0 bridgehead atoms. The number of phosphoric acid groups is 1. The second kappa shape index (κ2) is 18.4. The lowest BCUT2D eigenvalue weighted by Crippen LogP contribution is -1.90. The minimum atomic E-state index is -4.64. The summed E-state index contributed by atoms with van der Waals surface area (Å²) in [5.74, 6) is 0. The van der Waals surface area contributed by atoms with E-state index in [1.807, 2.05) is 0 Å². The van der Waals surface area contributed by atoms with Crippen molar-refractivity contribution in [2.75, 3.05) is 0 Å². The molecular weight excluding hydrogens is 323 g/mol. The largest absolute Gasteiger partial charge is 0.466 e. The predicted molar refractivity (Wildman–Crippen MR) is 97.4 cm³/mol. The first-order chi connectivity index (χ1) is 8.81. The smallest absolute Gasteiger partial charge is 0.303 e. The molecule has 0 spiro atoms. The van der Waals surface area contributed by atoms with Gasteiger partial charge in [0, 0.05) is 0 Å². The fourth-order valence-corrected chi connectivity index (χ4v) is 0. The van der Waals surface area contributed by atoms with Gasteiger partial charge in [-0.15, -0.1) is 35.9 Å². The summed E-state index contributed by atoms with van der Waals surface area (Å²) in [6.45, 7) is 12.8. The highest BCUT2D eigenvalue weighted by molar-refractivity contribution is 7.45. The summed E-state index contributed by atoms with van der Waals surface area (Å²) >= 11 is 0. The highest BCUT2D eigenvalue weighted by Crippen LogP contribution is 2.25. The first kappa shape index (κ1) is 27.7. The van der Waals surface area contributed by atoms with Gasteiger partial charge in [0.05, 0.1) is 0 Å². The summed E-state index contributed by atoms with van der Waals surface area (Å²) in [6.07, 6.45) is 14.9. The van der Waals surface area contributed by atoms with Crippen LogP contribution in [0.4, 0.5) is 0 Å². The highest BCUT2D eigenvalue weighted by Gasteiger charge is 2.00. The van der Waals surface area contributed by atoms with Crippen molar-refractivity contribution in [2.45, 2.75) is 39.3 Å². The molecule has 0 unspecified atom stereocenters. The van der Waals surface area contributed by atoms with Crippen molar-refractivity contribution in [1.82, 2.24) is 0 Å². The van der Waals surface area contributed by atoms with Gasteiger partial charge in [-0.3, -0.25) is 0 Å². The van der Waals surface area contributed by atoms with Gasteiger partial charge in [0.2, 0.25) is 0 Å². The Morgan fingerprint density at radius 2 is 0.750 bits per heavy atom. The quantitative estimate of drug-likeness (QED) is 0.346. The number of hydrogen-bond donors (Lipinski definition) is 3. The molecule has 0 atom stereocenters. The van der Waals surface area contributed by atoms with Crippen LogP contribution in [0.25, 0.3) is 0 Å². The van der Waals surface area contributed by atoms with Gasteiger partial charge >= 0.3 is 7.82 Å². The van der Waals surface area contributed by atoms with Gasteiger partial charge in [-0.05, 0) is 0 Å². The van der Waals surface area contributed by atoms with Gasteiger partial charge < -0.3 is 14.7 Å². The van der Waals surface area contributed by atoms with Crippen LogP contribution >= 0.6 is 7.82 Å². The molecule has 0 heterocycles. The van der Waals surface area contributed by atoms with Gasteiger partial charge in [-0.2, -0.15) is 0 Å². The summed E-state index contributed by atoms with van der Waals surface area (Å²) in [5.41, 5.74) is 8.00. The zero-order valence-corrected chi connectivity index (χ0v) is 17.5. The Morgan fingerprint density at radius 3 is 0.750 bits per heavy atom. The Hall–Kier alpha value is -0.559. The minimum Gasteiger partial charge on any atom is -0.303 e. The maximum atomic E-state index is 8.88. The Labute approximate surface area is 129 Å². The zero-order chi connectivity index (χ0) is 17.4. The van der Waals surface area contributed by atoms with Crippen LogP contribution in [0.1, 0.15) is 0 Å². The third-order valence-corrected chi connectivity index (χ3v) is 3.00. The number of terminal acetylenes is 3. The lowest BCUT2D eigenvalue weighted by Gasteiger charge is -1.82. The van der Waals surface area contributed by atoms with E-state index in [1.54, 1.807) is 0 Å². The van der Waals surface area contributed by atoms with Crippen LogP contribution in [0.3, 0.4) is 0 Å². The van der Waals surface area contributed by atoms with Crippen molar-refractivity contribution in [2.24, 2.45) is 0 Å². The molecule has 3 N–H and O–H groups in total. The van der Waals surface area contributed by atoms with Crippen LogP contribution < -0.4 is 0 Å². The Morgan fingerprint density at radius 1 is 0.700 bits per heavy atom. The summed E-state index contributed by atoms with van der Waals surface area (Å²) in [5, 5.41) is 0. The van der Waals surface area contributed by atoms with E-state index in [2.05, 4.69) is 55.9 Å². The molecule has 0 fully saturated rings. The Balaban J connectivity index is -0.0000000853. The van der Waals surface area contributed by atoms with E-state index in [0.717, 1.165) is 0 Å². The summed E-state index contributed by atoms with van der Waals surface area (Å²) in [7, 11) is -6.50. The van der Waals surface area contributed by atoms with E-state index >= 15 is 0 Å². The maximum absolute atomic E-state index is 8.88.